The summed E-state index contributed by atoms with van der Waals surface area (Å²) >= 11 is 1.43. The SMILES string of the molecule is CCc1nonc1C(=O)N1CCC(CNc2nc3ccc(F)cc3s2)C1. The van der Waals surface area contributed by atoms with E-state index in [0.717, 1.165) is 21.8 Å². The molecule has 1 N–H and O–H groups in total. The minimum atomic E-state index is -0.258. The molecule has 7 nitrogen and oxygen atoms in total. The summed E-state index contributed by atoms with van der Waals surface area (Å²) in [5.41, 5.74) is 1.69. The van der Waals surface area contributed by atoms with Gasteiger partial charge in [0.15, 0.2) is 10.8 Å². The number of thiazole rings is 1. The number of hydrogen-bond acceptors (Lipinski definition) is 7. The number of carbonyl (C=O) groups is 1. The number of halogens is 1. The second kappa shape index (κ2) is 6.99. The number of rotatable bonds is 5. The molecule has 3 aromatic rings. The molecule has 1 aliphatic heterocycles. The number of benzene rings is 1. The van der Waals surface area contributed by atoms with E-state index in [4.69, 9.17) is 4.63 Å². The number of carbonyl (C=O) groups excluding carboxylic acids is 1. The Hall–Kier alpha value is -2.55. The zero-order chi connectivity index (χ0) is 18.1. The fourth-order valence-electron chi connectivity index (χ4n) is 3.14. The third-order valence-electron chi connectivity index (χ3n) is 4.56. The number of aryl methyl sites for hydroxylation is 1. The van der Waals surface area contributed by atoms with Crippen molar-refractivity contribution in [3.8, 4) is 0 Å². The molecule has 1 unspecified atom stereocenters. The lowest BCUT2D eigenvalue weighted by molar-refractivity contribution is 0.0776. The first kappa shape index (κ1) is 16.9. The fraction of sp³-hybridized carbons (Fsp3) is 0.412. The molecule has 136 valence electrons. The van der Waals surface area contributed by atoms with E-state index in [-0.39, 0.29) is 11.7 Å². The topological polar surface area (TPSA) is 84.2 Å². The highest BCUT2D eigenvalue weighted by molar-refractivity contribution is 7.22. The minimum Gasteiger partial charge on any atom is -0.361 e. The molecule has 1 saturated heterocycles. The number of aromatic nitrogens is 3. The molecule has 3 heterocycles. The maximum absolute atomic E-state index is 13.3. The maximum atomic E-state index is 13.3. The number of nitrogens with zero attached hydrogens (tertiary/aromatic N) is 4. The first-order chi connectivity index (χ1) is 12.6. The van der Waals surface area contributed by atoms with E-state index in [1.165, 1.54) is 23.5 Å². The third-order valence-corrected chi connectivity index (χ3v) is 5.54. The van der Waals surface area contributed by atoms with E-state index in [1.54, 1.807) is 11.0 Å². The molecule has 0 radical (unpaired) electrons. The van der Waals surface area contributed by atoms with E-state index >= 15 is 0 Å². The van der Waals surface area contributed by atoms with Crippen molar-refractivity contribution < 1.29 is 13.8 Å². The maximum Gasteiger partial charge on any atom is 0.278 e. The van der Waals surface area contributed by atoms with Crippen molar-refractivity contribution in [1.82, 2.24) is 20.2 Å². The molecule has 0 spiro atoms. The van der Waals surface area contributed by atoms with E-state index in [1.807, 2.05) is 6.92 Å². The number of likely N-dealkylation sites (tertiary alicyclic amines) is 1. The summed E-state index contributed by atoms with van der Waals surface area (Å²) in [6.45, 7) is 3.97. The van der Waals surface area contributed by atoms with Gasteiger partial charge in [0.05, 0.1) is 10.2 Å². The summed E-state index contributed by atoms with van der Waals surface area (Å²) in [6.07, 6.45) is 1.52. The van der Waals surface area contributed by atoms with Gasteiger partial charge >= 0.3 is 0 Å². The van der Waals surface area contributed by atoms with Crippen molar-refractivity contribution in [1.29, 1.82) is 0 Å². The predicted molar refractivity (Wildman–Crippen MR) is 95.8 cm³/mol. The zero-order valence-electron chi connectivity index (χ0n) is 14.2. The molecule has 0 bridgehead atoms. The summed E-state index contributed by atoms with van der Waals surface area (Å²) < 4.78 is 18.8. The van der Waals surface area contributed by atoms with E-state index in [0.29, 0.717) is 43.4 Å². The summed E-state index contributed by atoms with van der Waals surface area (Å²) in [5.74, 6) is -0.0554. The molecule has 9 heteroatoms. The van der Waals surface area contributed by atoms with Gasteiger partial charge < -0.3 is 10.2 Å². The Balaban J connectivity index is 1.36. The van der Waals surface area contributed by atoms with Gasteiger partial charge in [0.2, 0.25) is 0 Å². The van der Waals surface area contributed by atoms with Crippen LogP contribution in [0.2, 0.25) is 0 Å². The van der Waals surface area contributed by atoms with Crippen LogP contribution in [0.25, 0.3) is 10.2 Å². The van der Waals surface area contributed by atoms with Crippen LogP contribution >= 0.6 is 11.3 Å². The second-order valence-corrected chi connectivity index (χ2v) is 7.36. The standard InChI is InChI=1S/C17H18FN5O2S/c1-2-12-15(22-25-21-12)16(24)23-6-5-10(9-23)8-19-17-20-13-4-3-11(18)7-14(13)26-17/h3-4,7,10H,2,5-6,8-9H2,1H3,(H,19,20). The quantitative estimate of drug-likeness (QED) is 0.738. The number of amides is 1. The molecule has 2 aromatic heterocycles. The Kier molecular flexibility index (Phi) is 4.54. The van der Waals surface area contributed by atoms with Crippen LogP contribution in [0, 0.1) is 11.7 Å². The van der Waals surface area contributed by atoms with Crippen LogP contribution < -0.4 is 5.32 Å². The fourth-order valence-corrected chi connectivity index (χ4v) is 4.04. The highest BCUT2D eigenvalue weighted by Gasteiger charge is 2.30. The van der Waals surface area contributed by atoms with Crippen LogP contribution in [-0.2, 0) is 6.42 Å². The third kappa shape index (κ3) is 3.26. The predicted octanol–water partition coefficient (Wildman–Crippen LogP) is 2.96. The number of hydrogen-bond donors (Lipinski definition) is 1. The number of nitrogens with one attached hydrogen (secondary N) is 1. The number of fused-ring (bicyclic) bond motifs is 1. The largest absolute Gasteiger partial charge is 0.361 e. The van der Waals surface area contributed by atoms with Gasteiger partial charge in [0.1, 0.15) is 11.5 Å². The van der Waals surface area contributed by atoms with Crippen LogP contribution in [0.5, 0.6) is 0 Å². The van der Waals surface area contributed by atoms with Crippen LogP contribution in [-0.4, -0.2) is 45.7 Å². The van der Waals surface area contributed by atoms with Gasteiger partial charge in [-0.3, -0.25) is 4.79 Å². The Bertz CT molecular complexity index is 940. The molecule has 0 saturated carbocycles. The molecule has 1 aliphatic rings. The van der Waals surface area contributed by atoms with E-state index in [2.05, 4.69) is 20.6 Å². The van der Waals surface area contributed by atoms with Gasteiger partial charge in [0, 0.05) is 19.6 Å². The first-order valence-electron chi connectivity index (χ1n) is 8.54. The van der Waals surface area contributed by atoms with Crippen LogP contribution in [0.3, 0.4) is 0 Å². The average Bonchev–Trinajstić information content (AvgIpc) is 3.37. The lowest BCUT2D eigenvalue weighted by Crippen LogP contribution is -2.30. The van der Waals surface area contributed by atoms with Gasteiger partial charge in [-0.1, -0.05) is 23.4 Å². The first-order valence-corrected chi connectivity index (χ1v) is 9.36. The van der Waals surface area contributed by atoms with Gasteiger partial charge in [-0.2, -0.15) is 0 Å². The van der Waals surface area contributed by atoms with Crippen molar-refractivity contribution >= 4 is 32.6 Å². The normalized spacial score (nSPS) is 17.2. The monoisotopic (exact) mass is 375 g/mol. The lowest BCUT2D eigenvalue weighted by Gasteiger charge is -2.15. The average molecular weight is 375 g/mol. The van der Waals surface area contributed by atoms with Crippen molar-refractivity contribution in [2.24, 2.45) is 5.92 Å². The Labute approximate surface area is 153 Å². The Morgan fingerprint density at radius 2 is 2.35 bits per heavy atom. The molecule has 4 rings (SSSR count). The van der Waals surface area contributed by atoms with Crippen molar-refractivity contribution in [3.05, 3.63) is 35.4 Å². The highest BCUT2D eigenvalue weighted by atomic mass is 32.1. The summed E-state index contributed by atoms with van der Waals surface area (Å²) in [7, 11) is 0. The summed E-state index contributed by atoms with van der Waals surface area (Å²) in [5, 5.41) is 11.6. The molecule has 1 amide bonds. The van der Waals surface area contributed by atoms with Gasteiger partial charge in [0.25, 0.3) is 5.91 Å². The minimum absolute atomic E-state index is 0.124. The van der Waals surface area contributed by atoms with E-state index in [9.17, 15) is 9.18 Å². The molecule has 1 aromatic carbocycles. The molecular weight excluding hydrogens is 357 g/mol. The summed E-state index contributed by atoms with van der Waals surface area (Å²) in [6, 6.07) is 4.58. The molecule has 1 atom stereocenters. The highest BCUT2D eigenvalue weighted by Crippen LogP contribution is 2.27. The molecular formula is C17H18FN5O2S. The zero-order valence-corrected chi connectivity index (χ0v) is 15.1. The van der Waals surface area contributed by atoms with Crippen molar-refractivity contribution in [3.63, 3.8) is 0 Å². The Morgan fingerprint density at radius 1 is 1.46 bits per heavy atom. The van der Waals surface area contributed by atoms with Crippen molar-refractivity contribution in [2.45, 2.75) is 19.8 Å². The van der Waals surface area contributed by atoms with E-state index < -0.39 is 0 Å². The van der Waals surface area contributed by atoms with Crippen LogP contribution in [0.4, 0.5) is 9.52 Å². The van der Waals surface area contributed by atoms with Gasteiger partial charge in [-0.15, -0.1) is 0 Å². The molecule has 0 aliphatic carbocycles. The molecule has 26 heavy (non-hydrogen) atoms. The van der Waals surface area contributed by atoms with Crippen LogP contribution in [0.15, 0.2) is 22.8 Å². The van der Waals surface area contributed by atoms with Crippen molar-refractivity contribution in [2.75, 3.05) is 25.0 Å². The molecule has 1 fully saturated rings. The summed E-state index contributed by atoms with van der Waals surface area (Å²) in [4.78, 5) is 18.8. The lowest BCUT2D eigenvalue weighted by atomic mass is 10.1. The van der Waals surface area contributed by atoms with Crippen LogP contribution in [0.1, 0.15) is 29.5 Å². The second-order valence-electron chi connectivity index (χ2n) is 6.33. The smallest absolute Gasteiger partial charge is 0.278 e. The van der Waals surface area contributed by atoms with Gasteiger partial charge in [-0.05, 0) is 42.1 Å². The Morgan fingerprint density at radius 3 is 3.19 bits per heavy atom. The number of anilines is 1. The van der Waals surface area contributed by atoms with Gasteiger partial charge in [-0.25, -0.2) is 14.0 Å².